The van der Waals surface area contributed by atoms with Crippen LogP contribution < -0.4 is 10.6 Å². The molecule has 170 valence electrons. The van der Waals surface area contributed by atoms with Gasteiger partial charge in [0, 0.05) is 18.7 Å². The van der Waals surface area contributed by atoms with Gasteiger partial charge in [-0.15, -0.1) is 0 Å². The third-order valence-corrected chi connectivity index (χ3v) is 6.72. The highest BCUT2D eigenvalue weighted by Gasteiger charge is 2.30. The van der Waals surface area contributed by atoms with E-state index in [2.05, 4.69) is 20.6 Å². The second-order valence-electron chi connectivity index (χ2n) is 8.98. The molecule has 0 radical (unpaired) electrons. The fourth-order valence-corrected chi connectivity index (χ4v) is 4.93. The second kappa shape index (κ2) is 8.99. The van der Waals surface area contributed by atoms with E-state index in [-0.39, 0.29) is 36.5 Å². The molecule has 9 heteroatoms. The van der Waals surface area contributed by atoms with Crippen LogP contribution in [0.25, 0.3) is 11.2 Å². The summed E-state index contributed by atoms with van der Waals surface area (Å²) in [5, 5.41) is 25.9. The van der Waals surface area contributed by atoms with Crippen LogP contribution in [0.15, 0.2) is 30.5 Å². The average Bonchev–Trinajstić information content (AvgIpc) is 3.40. The molecule has 32 heavy (non-hydrogen) atoms. The van der Waals surface area contributed by atoms with Crippen molar-refractivity contribution < 1.29 is 14.6 Å². The van der Waals surface area contributed by atoms with Gasteiger partial charge in [0.1, 0.15) is 11.3 Å². The molecule has 2 atom stereocenters. The molecule has 2 aromatic heterocycles. The molecule has 2 aliphatic rings. The number of para-hydroxylation sites is 1. The molecule has 8 nitrogen and oxygen atoms in total. The molecule has 2 aliphatic carbocycles. The number of hydrogen-bond donors (Lipinski definition) is 4. The summed E-state index contributed by atoms with van der Waals surface area (Å²) in [6.07, 6.45) is 7.44. The van der Waals surface area contributed by atoms with Crippen molar-refractivity contribution in [2.45, 2.75) is 63.1 Å². The summed E-state index contributed by atoms with van der Waals surface area (Å²) in [4.78, 5) is 13.9. The van der Waals surface area contributed by atoms with Crippen molar-refractivity contribution in [3.63, 3.8) is 0 Å². The van der Waals surface area contributed by atoms with Crippen LogP contribution in [-0.4, -0.2) is 48.5 Å². The molecular formula is C23H29FN6O2. The van der Waals surface area contributed by atoms with Crippen LogP contribution in [0.5, 0.6) is 0 Å². The number of aliphatic hydroxyl groups is 2. The van der Waals surface area contributed by atoms with Crippen molar-refractivity contribution in [3.8, 4) is 0 Å². The topological polar surface area (TPSA) is 108 Å². The van der Waals surface area contributed by atoms with E-state index in [4.69, 9.17) is 4.98 Å². The van der Waals surface area contributed by atoms with Crippen molar-refractivity contribution in [1.29, 1.82) is 0 Å². The van der Waals surface area contributed by atoms with E-state index in [1.54, 1.807) is 24.4 Å². The van der Waals surface area contributed by atoms with E-state index >= 15 is 0 Å². The lowest BCUT2D eigenvalue weighted by atomic mass is 9.93. The molecule has 0 aliphatic heterocycles. The van der Waals surface area contributed by atoms with Crippen molar-refractivity contribution in [2.24, 2.45) is 5.92 Å². The molecule has 1 aromatic carbocycles. The minimum Gasteiger partial charge on any atom is -0.396 e. The molecule has 5 rings (SSSR count). The van der Waals surface area contributed by atoms with E-state index in [9.17, 15) is 14.6 Å². The van der Waals surface area contributed by atoms with E-state index < -0.39 is 0 Å². The molecule has 4 N–H and O–H groups in total. The molecule has 0 amide bonds. The first-order valence-corrected chi connectivity index (χ1v) is 11.4. The van der Waals surface area contributed by atoms with Crippen LogP contribution in [-0.2, 0) is 0 Å². The molecule has 2 saturated carbocycles. The largest absolute Gasteiger partial charge is 0.396 e. The molecule has 0 bridgehead atoms. The maximum absolute atomic E-state index is 14.3. The molecule has 0 spiro atoms. The maximum atomic E-state index is 14.3. The Balaban J connectivity index is 1.49. The van der Waals surface area contributed by atoms with Gasteiger partial charge in [-0.1, -0.05) is 12.1 Å². The number of anilines is 3. The van der Waals surface area contributed by atoms with Gasteiger partial charge in [-0.25, -0.2) is 14.4 Å². The van der Waals surface area contributed by atoms with Gasteiger partial charge in [-0.05, 0) is 63.0 Å². The molecule has 0 unspecified atom stereocenters. The van der Waals surface area contributed by atoms with Gasteiger partial charge in [0.2, 0.25) is 11.9 Å². The SMILES string of the molecule is OC[C@@H]1CC[C@H](n2c(Nc3ccccc3F)nc3cnc(NC4CCC(O)CC4)nc32)C1. The summed E-state index contributed by atoms with van der Waals surface area (Å²) < 4.78 is 16.4. The standard InChI is InChI=1S/C23H29FN6O2/c24-18-3-1-2-4-19(18)27-23-28-20-12-25-22(26-15-6-9-17(32)10-7-15)29-21(20)30(23)16-8-5-14(11-16)13-31/h1-4,12,14-17,31-32H,5-11,13H2,(H,27,28)(H,25,26,29)/t14-,15?,16+,17?/m1/s1. The monoisotopic (exact) mass is 440 g/mol. The van der Waals surface area contributed by atoms with Gasteiger partial charge in [0.25, 0.3) is 0 Å². The smallest absolute Gasteiger partial charge is 0.224 e. The fourth-order valence-electron chi connectivity index (χ4n) is 4.93. The average molecular weight is 441 g/mol. The van der Waals surface area contributed by atoms with Crippen molar-refractivity contribution in [1.82, 2.24) is 19.5 Å². The quantitative estimate of drug-likeness (QED) is 0.462. The Bertz CT molecular complexity index is 1080. The van der Waals surface area contributed by atoms with Crippen molar-refractivity contribution >= 4 is 28.7 Å². The number of aromatic nitrogens is 4. The number of aliphatic hydroxyl groups excluding tert-OH is 2. The van der Waals surface area contributed by atoms with Gasteiger partial charge in [0.15, 0.2) is 5.65 Å². The Morgan fingerprint density at radius 2 is 1.88 bits per heavy atom. The minimum absolute atomic E-state index is 0.110. The van der Waals surface area contributed by atoms with E-state index in [1.165, 1.54) is 6.07 Å². The van der Waals surface area contributed by atoms with Crippen LogP contribution in [0.3, 0.4) is 0 Å². The third kappa shape index (κ3) is 4.27. The zero-order chi connectivity index (χ0) is 22.1. The number of nitrogens with one attached hydrogen (secondary N) is 2. The second-order valence-corrected chi connectivity index (χ2v) is 8.98. The molecule has 0 saturated heterocycles. The lowest BCUT2D eigenvalue weighted by Crippen LogP contribution is -2.29. The number of hydrogen-bond acceptors (Lipinski definition) is 7. The van der Waals surface area contributed by atoms with Crippen LogP contribution in [0.2, 0.25) is 0 Å². The third-order valence-electron chi connectivity index (χ3n) is 6.72. The van der Waals surface area contributed by atoms with Gasteiger partial charge in [0.05, 0.1) is 18.0 Å². The van der Waals surface area contributed by atoms with Crippen molar-refractivity contribution in [3.05, 3.63) is 36.3 Å². The summed E-state index contributed by atoms with van der Waals surface area (Å²) in [5.41, 5.74) is 1.69. The summed E-state index contributed by atoms with van der Waals surface area (Å²) in [6, 6.07) is 6.86. The van der Waals surface area contributed by atoms with Gasteiger partial charge in [-0.3, -0.25) is 4.57 Å². The highest BCUT2D eigenvalue weighted by molar-refractivity contribution is 5.76. The van der Waals surface area contributed by atoms with Crippen LogP contribution >= 0.6 is 0 Å². The first kappa shape index (κ1) is 21.1. The van der Waals surface area contributed by atoms with E-state index in [0.29, 0.717) is 28.7 Å². The van der Waals surface area contributed by atoms with E-state index in [1.807, 2.05) is 4.57 Å². The lowest BCUT2D eigenvalue weighted by Gasteiger charge is -2.26. The Morgan fingerprint density at radius 3 is 2.62 bits per heavy atom. The molecule has 2 heterocycles. The van der Waals surface area contributed by atoms with Crippen LogP contribution in [0.1, 0.15) is 51.0 Å². The highest BCUT2D eigenvalue weighted by atomic mass is 19.1. The number of benzene rings is 1. The summed E-state index contributed by atoms with van der Waals surface area (Å²) in [6.45, 7) is 0.161. The fraction of sp³-hybridized carbons (Fsp3) is 0.522. The summed E-state index contributed by atoms with van der Waals surface area (Å²) >= 11 is 0. The number of fused-ring (bicyclic) bond motifs is 1. The minimum atomic E-state index is -0.348. The highest BCUT2D eigenvalue weighted by Crippen LogP contribution is 2.39. The number of halogens is 1. The maximum Gasteiger partial charge on any atom is 0.224 e. The zero-order valence-corrected chi connectivity index (χ0v) is 17.9. The zero-order valence-electron chi connectivity index (χ0n) is 17.9. The number of imidazole rings is 1. The number of rotatable bonds is 6. The Labute approximate surface area is 185 Å². The first-order chi connectivity index (χ1) is 15.6. The predicted molar refractivity (Wildman–Crippen MR) is 120 cm³/mol. The summed E-state index contributed by atoms with van der Waals surface area (Å²) in [5.74, 6) is 0.959. The van der Waals surface area contributed by atoms with Crippen molar-refractivity contribution in [2.75, 3.05) is 17.2 Å². The first-order valence-electron chi connectivity index (χ1n) is 11.4. The van der Waals surface area contributed by atoms with Gasteiger partial charge >= 0.3 is 0 Å². The van der Waals surface area contributed by atoms with Gasteiger partial charge in [-0.2, -0.15) is 4.98 Å². The lowest BCUT2D eigenvalue weighted by molar-refractivity contribution is 0.126. The van der Waals surface area contributed by atoms with Crippen LogP contribution in [0.4, 0.5) is 22.0 Å². The molecule has 2 fully saturated rings. The van der Waals surface area contributed by atoms with E-state index in [0.717, 1.165) is 44.9 Å². The van der Waals surface area contributed by atoms with Crippen LogP contribution in [0, 0.1) is 11.7 Å². The molecular weight excluding hydrogens is 411 g/mol. The Kier molecular flexibility index (Phi) is 5.93. The van der Waals surface area contributed by atoms with Gasteiger partial charge < -0.3 is 20.8 Å². The number of nitrogens with zero attached hydrogens (tertiary/aromatic N) is 4. The summed E-state index contributed by atoms with van der Waals surface area (Å²) in [7, 11) is 0. The molecule has 3 aromatic rings. The predicted octanol–water partition coefficient (Wildman–Crippen LogP) is 3.76. The Morgan fingerprint density at radius 1 is 1.06 bits per heavy atom. The Hall–Kier alpha value is -2.78. The normalized spacial score (nSPS) is 25.8.